The van der Waals surface area contributed by atoms with Crippen molar-refractivity contribution in [3.8, 4) is 11.5 Å². The van der Waals surface area contributed by atoms with E-state index in [0.29, 0.717) is 42.7 Å². The molecule has 4 fully saturated rings. The fourth-order valence-electron chi connectivity index (χ4n) is 8.12. The minimum Gasteiger partial charge on any atom is -0.496 e. The summed E-state index contributed by atoms with van der Waals surface area (Å²) in [5.74, 6) is -1.74. The number of amides is 2. The quantitative estimate of drug-likeness (QED) is 0.233. The van der Waals surface area contributed by atoms with E-state index in [1.165, 1.54) is 4.90 Å². The summed E-state index contributed by atoms with van der Waals surface area (Å²) in [4.78, 5) is 62.0. The number of ketones is 1. The minimum absolute atomic E-state index is 0.0679. The number of ether oxygens (including phenoxy) is 3. The summed E-state index contributed by atoms with van der Waals surface area (Å²) in [6, 6.07) is 4.46. The summed E-state index contributed by atoms with van der Waals surface area (Å²) in [6.07, 6.45) is 5.90. The molecule has 0 spiro atoms. The molecular formula is C39H53N3O10S. The molecule has 290 valence electrons. The Hall–Kier alpha value is -3.78. The number of methoxy groups -OCH3 is 1. The Labute approximate surface area is 312 Å². The number of hydrogen-bond acceptors (Lipinski definition) is 11. The predicted octanol–water partition coefficient (Wildman–Crippen LogP) is 5.35. The first-order valence-electron chi connectivity index (χ1n) is 18.9. The lowest BCUT2D eigenvalue weighted by Gasteiger charge is -2.35. The number of aromatic nitrogens is 1. The molecule has 5 atom stereocenters. The van der Waals surface area contributed by atoms with Gasteiger partial charge in [-0.3, -0.25) is 28.3 Å². The molecule has 13 nitrogen and oxygen atoms in total. The van der Waals surface area contributed by atoms with Crippen molar-refractivity contribution in [2.45, 2.75) is 130 Å². The Kier molecular flexibility index (Phi) is 11.1. The molecule has 6 rings (SSSR count). The molecule has 14 heteroatoms. The number of Topliss-reactive ketones (excluding diaryl/α,β-unsaturated/α-hetero) is 1. The summed E-state index contributed by atoms with van der Waals surface area (Å²) in [7, 11) is -2.75. The van der Waals surface area contributed by atoms with E-state index in [2.05, 4.69) is 9.71 Å². The number of nitrogens with one attached hydrogen (secondary N) is 1. The van der Waals surface area contributed by atoms with Crippen LogP contribution in [0.2, 0.25) is 0 Å². The molecule has 2 aromatic rings. The molecule has 3 aliphatic carbocycles. The first-order chi connectivity index (χ1) is 25.0. The van der Waals surface area contributed by atoms with Gasteiger partial charge in [0.2, 0.25) is 11.8 Å². The van der Waals surface area contributed by atoms with Crippen molar-refractivity contribution in [3.05, 3.63) is 30.0 Å². The maximum Gasteiger partial charge on any atom is 0.362 e. The number of aryl methyl sites for hydroxylation is 1. The average molecular weight is 756 g/mol. The van der Waals surface area contributed by atoms with Crippen LogP contribution in [0.4, 0.5) is 0 Å². The second-order valence-corrected chi connectivity index (χ2v) is 17.7. The zero-order chi connectivity index (χ0) is 38.3. The highest BCUT2D eigenvalue weighted by Gasteiger charge is 2.61. The van der Waals surface area contributed by atoms with Crippen LogP contribution < -0.4 is 14.2 Å². The van der Waals surface area contributed by atoms with E-state index < -0.39 is 57.2 Å². The smallest absolute Gasteiger partial charge is 0.362 e. The van der Waals surface area contributed by atoms with E-state index in [1.54, 1.807) is 19.4 Å². The summed E-state index contributed by atoms with van der Waals surface area (Å²) in [6.45, 7) is 9.53. The van der Waals surface area contributed by atoms with Gasteiger partial charge in [-0.2, -0.15) is 8.42 Å². The topological polar surface area (TPSA) is 168 Å². The van der Waals surface area contributed by atoms with Gasteiger partial charge in [-0.05, 0) is 81.4 Å². The number of pyridine rings is 1. The molecule has 0 unspecified atom stereocenters. The van der Waals surface area contributed by atoms with Crippen LogP contribution in [0.25, 0.3) is 10.9 Å². The van der Waals surface area contributed by atoms with Crippen molar-refractivity contribution in [1.82, 2.24) is 14.6 Å². The molecule has 2 heterocycles. The standard InChI is InChI=1S/C39H53N3O10S/c1-7-24-20-39(24,37(46)41-53(47,48)52-26-12-13-26)21-31(43)30-18-27(50-33-16-17-40-35-23(2)32(49-6)15-14-28(33)35)22-42(30)36(45)29(38(3,4)5)19-34(44)51-25-10-8-9-11-25/h14-17,24-27,29-30H,7-13,18-22H2,1-6H3,(H,41,46)/t24-,27-,29-,30+,39-/m1/s1. The molecule has 1 aliphatic heterocycles. The number of esters is 1. The fraction of sp³-hybridized carbons (Fsp3) is 0.667. The SMILES string of the molecule is CC[C@@H]1C[C@]1(CC(=O)[C@@H]1C[C@@H](Oc2ccnc3c(C)c(OC)ccc23)CN1C(=O)[C@@H](CC(=O)OC1CCCC1)C(C)(C)C)C(=O)NS(=O)(=O)OC1CC1. The van der Waals surface area contributed by atoms with Gasteiger partial charge in [0.1, 0.15) is 23.7 Å². The van der Waals surface area contributed by atoms with Crippen molar-refractivity contribution in [3.63, 3.8) is 0 Å². The lowest BCUT2D eigenvalue weighted by Crippen LogP contribution is -2.48. The van der Waals surface area contributed by atoms with E-state index in [0.717, 1.165) is 36.6 Å². The van der Waals surface area contributed by atoms with Gasteiger partial charge in [-0.25, -0.2) is 4.72 Å². The molecule has 1 N–H and O–H groups in total. The van der Waals surface area contributed by atoms with Crippen LogP contribution in [-0.4, -0.2) is 79.9 Å². The number of nitrogens with zero attached hydrogens (tertiary/aromatic N) is 2. The largest absolute Gasteiger partial charge is 0.496 e. The van der Waals surface area contributed by atoms with Crippen molar-refractivity contribution in [2.75, 3.05) is 13.7 Å². The molecule has 1 aromatic carbocycles. The number of carbonyl (C=O) groups excluding carboxylic acids is 4. The van der Waals surface area contributed by atoms with Gasteiger partial charge in [0.15, 0.2) is 5.78 Å². The van der Waals surface area contributed by atoms with Gasteiger partial charge < -0.3 is 19.1 Å². The van der Waals surface area contributed by atoms with Gasteiger partial charge in [-0.15, -0.1) is 0 Å². The zero-order valence-electron chi connectivity index (χ0n) is 31.6. The summed E-state index contributed by atoms with van der Waals surface area (Å²) in [5, 5.41) is 0.745. The minimum atomic E-state index is -4.34. The Morgan fingerprint density at radius 2 is 1.74 bits per heavy atom. The number of carbonyl (C=O) groups is 4. The van der Waals surface area contributed by atoms with Crippen LogP contribution in [0.5, 0.6) is 11.5 Å². The molecule has 1 saturated heterocycles. The molecule has 53 heavy (non-hydrogen) atoms. The van der Waals surface area contributed by atoms with Crippen LogP contribution in [0, 0.1) is 29.6 Å². The Morgan fingerprint density at radius 3 is 2.36 bits per heavy atom. The first-order valence-corrected chi connectivity index (χ1v) is 20.3. The Bertz CT molecular complexity index is 1850. The molecule has 0 bridgehead atoms. The molecule has 1 aromatic heterocycles. The molecule has 0 radical (unpaired) electrons. The lowest BCUT2D eigenvalue weighted by atomic mass is 9.77. The van der Waals surface area contributed by atoms with Gasteiger partial charge in [-0.1, -0.05) is 34.1 Å². The maximum atomic E-state index is 14.6. The van der Waals surface area contributed by atoms with Crippen LogP contribution in [0.3, 0.4) is 0 Å². The number of hydrogen-bond donors (Lipinski definition) is 1. The van der Waals surface area contributed by atoms with E-state index in [-0.39, 0.29) is 49.5 Å². The van der Waals surface area contributed by atoms with E-state index in [4.69, 9.17) is 18.4 Å². The number of benzene rings is 1. The monoisotopic (exact) mass is 755 g/mol. The predicted molar refractivity (Wildman–Crippen MR) is 195 cm³/mol. The van der Waals surface area contributed by atoms with Crippen LogP contribution in [-0.2, 0) is 38.4 Å². The number of likely N-dealkylation sites (tertiary alicyclic amines) is 1. The highest BCUT2D eigenvalue weighted by Crippen LogP contribution is 2.58. The third-order valence-corrected chi connectivity index (χ3v) is 12.5. The second-order valence-electron chi connectivity index (χ2n) is 16.4. The molecule has 4 aliphatic rings. The van der Waals surface area contributed by atoms with Crippen molar-refractivity contribution >= 4 is 44.8 Å². The van der Waals surface area contributed by atoms with Gasteiger partial charge in [0.25, 0.3) is 0 Å². The van der Waals surface area contributed by atoms with Crippen LogP contribution in [0.1, 0.15) is 104 Å². The van der Waals surface area contributed by atoms with Gasteiger partial charge in [0, 0.05) is 30.0 Å². The maximum absolute atomic E-state index is 14.6. The zero-order valence-corrected chi connectivity index (χ0v) is 32.5. The molecule has 2 amide bonds. The van der Waals surface area contributed by atoms with Crippen molar-refractivity contribution in [2.24, 2.45) is 22.7 Å². The van der Waals surface area contributed by atoms with E-state index >= 15 is 0 Å². The second kappa shape index (κ2) is 15.2. The average Bonchev–Trinajstić information content (AvgIpc) is 3.92. The fourth-order valence-corrected chi connectivity index (χ4v) is 9.15. The summed E-state index contributed by atoms with van der Waals surface area (Å²) >= 11 is 0. The highest BCUT2D eigenvalue weighted by molar-refractivity contribution is 7.85. The summed E-state index contributed by atoms with van der Waals surface area (Å²) < 4.78 is 50.2. The molecular weight excluding hydrogens is 703 g/mol. The molecule has 3 saturated carbocycles. The van der Waals surface area contributed by atoms with Crippen LogP contribution in [0.15, 0.2) is 24.4 Å². The first kappa shape index (κ1) is 38.9. The third-order valence-electron chi connectivity index (χ3n) is 11.5. The van der Waals surface area contributed by atoms with Gasteiger partial charge >= 0.3 is 16.3 Å². The van der Waals surface area contributed by atoms with Crippen molar-refractivity contribution < 1.29 is 46.0 Å². The Morgan fingerprint density at radius 1 is 1.02 bits per heavy atom. The third kappa shape index (κ3) is 8.64. The highest BCUT2D eigenvalue weighted by atomic mass is 32.2. The summed E-state index contributed by atoms with van der Waals surface area (Å²) in [5.41, 5.74) is -0.364. The van der Waals surface area contributed by atoms with Gasteiger partial charge in [0.05, 0.1) is 49.1 Å². The van der Waals surface area contributed by atoms with E-state index in [9.17, 15) is 27.6 Å². The number of fused-ring (bicyclic) bond motifs is 1. The van der Waals surface area contributed by atoms with Crippen molar-refractivity contribution in [1.29, 1.82) is 0 Å². The Balaban J connectivity index is 1.27. The number of rotatable bonds is 15. The normalized spacial score (nSPS) is 25.2. The lowest BCUT2D eigenvalue weighted by molar-refractivity contribution is -0.156. The van der Waals surface area contributed by atoms with E-state index in [1.807, 2.05) is 46.8 Å². The van der Waals surface area contributed by atoms with Crippen LogP contribution >= 0.6 is 0 Å².